The van der Waals surface area contributed by atoms with Gasteiger partial charge in [-0.15, -0.1) is 0 Å². The number of ketones is 1. The molecule has 7 heteroatoms. The summed E-state index contributed by atoms with van der Waals surface area (Å²) in [6.45, 7) is 0. The van der Waals surface area contributed by atoms with Gasteiger partial charge < -0.3 is 4.74 Å². The van der Waals surface area contributed by atoms with Gasteiger partial charge in [-0.05, 0) is 40.8 Å². The summed E-state index contributed by atoms with van der Waals surface area (Å²) in [6, 6.07) is 13.4. The summed E-state index contributed by atoms with van der Waals surface area (Å²) >= 11 is 1.93. The van der Waals surface area contributed by atoms with E-state index in [-0.39, 0.29) is 22.8 Å². The highest BCUT2D eigenvalue weighted by atomic mass is 127. The van der Waals surface area contributed by atoms with Gasteiger partial charge in [-0.25, -0.2) is 0 Å². The van der Waals surface area contributed by atoms with Crippen LogP contribution in [-0.2, 0) is 4.79 Å². The van der Waals surface area contributed by atoms with Crippen molar-refractivity contribution < 1.29 is 19.2 Å². The predicted molar refractivity (Wildman–Crippen MR) is 86.8 cm³/mol. The van der Waals surface area contributed by atoms with Crippen molar-refractivity contribution in [2.24, 2.45) is 0 Å². The van der Waals surface area contributed by atoms with E-state index in [4.69, 9.17) is 4.74 Å². The first-order valence-electron chi connectivity index (χ1n) is 6.21. The van der Waals surface area contributed by atoms with Gasteiger partial charge in [0.2, 0.25) is 0 Å². The number of hydrogen-bond donors (Lipinski definition) is 0. The van der Waals surface area contributed by atoms with E-state index in [9.17, 15) is 19.7 Å². The van der Waals surface area contributed by atoms with Crippen LogP contribution in [0.5, 0.6) is 5.75 Å². The first kappa shape index (κ1) is 16.1. The van der Waals surface area contributed by atoms with Crippen molar-refractivity contribution >= 4 is 40.0 Å². The number of para-hydroxylation sites is 2. The fraction of sp³-hybridized carbons (Fsp3) is 0.0667. The Morgan fingerprint density at radius 3 is 2.32 bits per heavy atom. The van der Waals surface area contributed by atoms with E-state index in [1.807, 2.05) is 22.6 Å². The van der Waals surface area contributed by atoms with Gasteiger partial charge in [0, 0.05) is 6.07 Å². The van der Waals surface area contributed by atoms with Crippen molar-refractivity contribution in [3.05, 3.63) is 67.8 Å². The molecular weight excluding hydrogens is 401 g/mol. The monoisotopic (exact) mass is 411 g/mol. The molecule has 3 rings (SSSR count). The van der Waals surface area contributed by atoms with Gasteiger partial charge in [-0.2, -0.15) is 0 Å². The van der Waals surface area contributed by atoms with Crippen LogP contribution in [0.1, 0.15) is 16.8 Å². The van der Waals surface area contributed by atoms with Gasteiger partial charge in [0.25, 0.3) is 5.69 Å². The molecule has 0 bridgehead atoms. The van der Waals surface area contributed by atoms with Gasteiger partial charge in [0.05, 0.1) is 14.1 Å². The molecule has 2 aromatic carbocycles. The van der Waals surface area contributed by atoms with Gasteiger partial charge in [-0.1, -0.05) is 24.3 Å². The minimum absolute atomic E-state index is 0.142. The molecule has 0 radical (unpaired) electrons. The first-order chi connectivity index (χ1) is 10.5. The largest absolute Gasteiger partial charge is 0.425 e. The molecule has 1 heterocycles. The minimum Gasteiger partial charge on any atom is -0.425 e. The summed E-state index contributed by atoms with van der Waals surface area (Å²) in [5.74, 6) is -0.265. The van der Waals surface area contributed by atoms with Crippen molar-refractivity contribution in [1.29, 1.82) is 0 Å². The SMILES string of the molecule is O=C1CC(=O)c2ccccc2O1.O=[N+]([O-])c1ccccc1I. The summed E-state index contributed by atoms with van der Waals surface area (Å²) < 4.78 is 5.51. The molecule has 22 heavy (non-hydrogen) atoms. The van der Waals surface area contributed by atoms with E-state index in [1.165, 1.54) is 6.07 Å². The third-order valence-electron chi connectivity index (χ3n) is 2.77. The topological polar surface area (TPSA) is 86.5 Å². The number of ether oxygens (including phenoxy) is 1. The Morgan fingerprint density at radius 2 is 1.68 bits per heavy atom. The number of carbonyl (C=O) groups excluding carboxylic acids is 2. The average molecular weight is 411 g/mol. The van der Waals surface area contributed by atoms with Gasteiger partial charge in [0.15, 0.2) is 5.78 Å². The van der Waals surface area contributed by atoms with Crippen molar-refractivity contribution in [2.75, 3.05) is 0 Å². The van der Waals surface area contributed by atoms with Crippen LogP contribution < -0.4 is 4.74 Å². The van der Waals surface area contributed by atoms with Crippen LogP contribution in [0, 0.1) is 13.7 Å². The molecule has 1 aliphatic heterocycles. The van der Waals surface area contributed by atoms with Crippen LogP contribution in [0.4, 0.5) is 5.69 Å². The molecular formula is C15H10INO5. The Labute approximate surface area is 139 Å². The quantitative estimate of drug-likeness (QED) is 0.179. The highest BCUT2D eigenvalue weighted by molar-refractivity contribution is 14.1. The molecule has 1 aliphatic rings. The summed E-state index contributed by atoms with van der Waals surface area (Å²) in [5.41, 5.74) is 0.667. The van der Waals surface area contributed by atoms with Crippen molar-refractivity contribution in [3.8, 4) is 5.75 Å². The maximum atomic E-state index is 11.2. The second kappa shape index (κ2) is 7.12. The van der Waals surface area contributed by atoms with Crippen LogP contribution in [0.25, 0.3) is 0 Å². The average Bonchev–Trinajstić information content (AvgIpc) is 2.48. The number of nitro benzene ring substituents is 1. The number of fused-ring (bicyclic) bond motifs is 1. The lowest BCUT2D eigenvalue weighted by atomic mass is 10.1. The molecule has 112 valence electrons. The third-order valence-corrected chi connectivity index (χ3v) is 3.68. The molecule has 0 saturated carbocycles. The lowest BCUT2D eigenvalue weighted by Gasteiger charge is -2.13. The molecule has 6 nitrogen and oxygen atoms in total. The van der Waals surface area contributed by atoms with Crippen molar-refractivity contribution in [1.82, 2.24) is 0 Å². The van der Waals surface area contributed by atoms with E-state index < -0.39 is 5.97 Å². The standard InChI is InChI=1S/C9H6O3.C6H4INO2/c10-7-5-9(11)12-8-4-2-1-3-6(7)8;7-5-3-1-2-4-6(5)8(9)10/h1-4H,5H2;1-4H. The van der Waals surface area contributed by atoms with Crippen LogP contribution in [-0.4, -0.2) is 16.7 Å². The second-order valence-electron chi connectivity index (χ2n) is 4.28. The molecule has 0 unspecified atom stereocenters. The molecule has 0 atom stereocenters. The van der Waals surface area contributed by atoms with Gasteiger partial charge >= 0.3 is 5.97 Å². The van der Waals surface area contributed by atoms with Crippen molar-refractivity contribution in [2.45, 2.75) is 6.42 Å². The number of nitrogens with zero attached hydrogens (tertiary/aromatic N) is 1. The van der Waals surface area contributed by atoms with Crippen LogP contribution in [0.3, 0.4) is 0 Å². The highest BCUT2D eigenvalue weighted by Crippen LogP contribution is 2.24. The number of hydrogen-bond acceptors (Lipinski definition) is 5. The zero-order chi connectivity index (χ0) is 16.1. The van der Waals surface area contributed by atoms with E-state index in [0.717, 1.165) is 0 Å². The summed E-state index contributed by atoms with van der Waals surface area (Å²) in [7, 11) is 0. The molecule has 0 N–H and O–H groups in total. The fourth-order valence-electron chi connectivity index (χ4n) is 1.77. The van der Waals surface area contributed by atoms with Crippen LogP contribution >= 0.6 is 22.6 Å². The summed E-state index contributed by atoms with van der Waals surface area (Å²) in [6.07, 6.45) is -0.142. The Balaban J connectivity index is 0.000000164. The first-order valence-corrected chi connectivity index (χ1v) is 7.28. The van der Waals surface area contributed by atoms with Crippen molar-refractivity contribution in [3.63, 3.8) is 0 Å². The number of carbonyl (C=O) groups is 2. The third kappa shape index (κ3) is 3.88. The Hall–Kier alpha value is -2.29. The van der Waals surface area contributed by atoms with Gasteiger partial charge in [0.1, 0.15) is 12.2 Å². The second-order valence-corrected chi connectivity index (χ2v) is 5.44. The zero-order valence-corrected chi connectivity index (χ0v) is 13.3. The number of esters is 1. The Kier molecular flexibility index (Phi) is 5.21. The van der Waals surface area contributed by atoms with E-state index in [2.05, 4.69) is 0 Å². The predicted octanol–water partition coefficient (Wildman–Crippen LogP) is 3.38. The summed E-state index contributed by atoms with van der Waals surface area (Å²) in [5, 5.41) is 10.2. The fourth-order valence-corrected chi connectivity index (χ4v) is 2.36. The molecule has 0 amide bonds. The molecule has 0 fully saturated rings. The highest BCUT2D eigenvalue weighted by Gasteiger charge is 2.23. The van der Waals surface area contributed by atoms with Gasteiger partial charge in [-0.3, -0.25) is 19.7 Å². The van der Waals surface area contributed by atoms with E-state index >= 15 is 0 Å². The number of nitro groups is 1. The molecule has 0 aromatic heterocycles. The molecule has 0 saturated heterocycles. The number of Topliss-reactive ketones (excluding diaryl/α,β-unsaturated/α-hetero) is 1. The lowest BCUT2D eigenvalue weighted by molar-refractivity contribution is -0.385. The normalized spacial score (nSPS) is 12.6. The molecule has 0 spiro atoms. The smallest absolute Gasteiger partial charge is 0.319 e. The van der Waals surface area contributed by atoms with E-state index in [0.29, 0.717) is 14.9 Å². The Bertz CT molecular complexity index is 744. The maximum absolute atomic E-state index is 11.2. The number of rotatable bonds is 1. The van der Waals surface area contributed by atoms with Crippen LogP contribution in [0.2, 0.25) is 0 Å². The maximum Gasteiger partial charge on any atom is 0.319 e. The summed E-state index contributed by atoms with van der Waals surface area (Å²) in [4.78, 5) is 31.8. The molecule has 0 aliphatic carbocycles. The minimum atomic E-state index is -0.473. The molecule has 2 aromatic rings. The Morgan fingerprint density at radius 1 is 1.05 bits per heavy atom. The van der Waals surface area contributed by atoms with Crippen LogP contribution in [0.15, 0.2) is 48.5 Å². The zero-order valence-electron chi connectivity index (χ0n) is 11.2. The van der Waals surface area contributed by atoms with E-state index in [1.54, 1.807) is 42.5 Å². The number of halogens is 1. The lowest BCUT2D eigenvalue weighted by Crippen LogP contribution is -2.20. The number of benzene rings is 2.